The molecule has 3 nitrogen and oxygen atoms in total. The maximum absolute atomic E-state index is 13.3. The van der Waals surface area contributed by atoms with Crippen molar-refractivity contribution in [1.82, 2.24) is 0 Å². The van der Waals surface area contributed by atoms with E-state index in [4.69, 9.17) is 10.00 Å². The number of halogens is 1. The van der Waals surface area contributed by atoms with Crippen molar-refractivity contribution in [2.24, 2.45) is 0 Å². The zero-order chi connectivity index (χ0) is 14.4. The second-order valence-electron chi connectivity index (χ2n) is 4.40. The van der Waals surface area contributed by atoms with Gasteiger partial charge in [-0.2, -0.15) is 5.26 Å². The van der Waals surface area contributed by atoms with Gasteiger partial charge in [-0.1, -0.05) is 18.2 Å². The fraction of sp³-hybridized carbons (Fsp3) is 0.188. The summed E-state index contributed by atoms with van der Waals surface area (Å²) in [6, 6.07) is 14.1. The Kier molecular flexibility index (Phi) is 4.70. The van der Waals surface area contributed by atoms with Gasteiger partial charge in [-0.3, -0.25) is 0 Å². The summed E-state index contributed by atoms with van der Waals surface area (Å²) in [7, 11) is 1.64. The lowest BCUT2D eigenvalue weighted by molar-refractivity contribution is 0.185. The quantitative estimate of drug-likeness (QED) is 0.905. The van der Waals surface area contributed by atoms with E-state index in [1.165, 1.54) is 12.1 Å². The Labute approximate surface area is 117 Å². The van der Waals surface area contributed by atoms with Crippen molar-refractivity contribution >= 4 is 5.69 Å². The molecule has 0 spiro atoms. The SMILES string of the molecule is COCc1ccccc1NCc1cc(F)cc(C#N)c1. The van der Waals surface area contributed by atoms with Crippen molar-refractivity contribution in [1.29, 1.82) is 5.26 Å². The third-order valence-electron chi connectivity index (χ3n) is 2.89. The molecular weight excluding hydrogens is 255 g/mol. The molecule has 0 saturated heterocycles. The van der Waals surface area contributed by atoms with Crippen LogP contribution in [0.1, 0.15) is 16.7 Å². The second kappa shape index (κ2) is 6.69. The van der Waals surface area contributed by atoms with Crippen LogP contribution >= 0.6 is 0 Å². The van der Waals surface area contributed by atoms with Crippen molar-refractivity contribution in [3.63, 3.8) is 0 Å². The zero-order valence-electron chi connectivity index (χ0n) is 11.2. The molecule has 0 saturated carbocycles. The highest BCUT2D eigenvalue weighted by Gasteiger charge is 2.03. The number of benzene rings is 2. The van der Waals surface area contributed by atoms with Crippen molar-refractivity contribution in [2.75, 3.05) is 12.4 Å². The third kappa shape index (κ3) is 3.56. The molecule has 0 aromatic heterocycles. The summed E-state index contributed by atoms with van der Waals surface area (Å²) in [5.41, 5.74) is 3.03. The molecule has 0 amide bonds. The fourth-order valence-corrected chi connectivity index (χ4v) is 1.99. The lowest BCUT2D eigenvalue weighted by atomic mass is 10.1. The smallest absolute Gasteiger partial charge is 0.124 e. The molecule has 2 aromatic carbocycles. The topological polar surface area (TPSA) is 45.0 Å². The van der Waals surface area contributed by atoms with Gasteiger partial charge in [0.1, 0.15) is 5.82 Å². The Morgan fingerprint density at radius 3 is 2.80 bits per heavy atom. The van der Waals surface area contributed by atoms with Crippen LogP contribution in [0.5, 0.6) is 0 Å². The Morgan fingerprint density at radius 1 is 1.25 bits per heavy atom. The largest absolute Gasteiger partial charge is 0.381 e. The van der Waals surface area contributed by atoms with Gasteiger partial charge in [0.2, 0.25) is 0 Å². The molecule has 0 radical (unpaired) electrons. The minimum atomic E-state index is -0.397. The van der Waals surface area contributed by atoms with Crippen LogP contribution < -0.4 is 5.32 Å². The number of rotatable bonds is 5. The molecule has 102 valence electrons. The van der Waals surface area contributed by atoms with E-state index < -0.39 is 5.82 Å². The van der Waals surface area contributed by atoms with E-state index in [0.717, 1.165) is 16.8 Å². The van der Waals surface area contributed by atoms with E-state index in [-0.39, 0.29) is 0 Å². The van der Waals surface area contributed by atoms with Crippen molar-refractivity contribution < 1.29 is 9.13 Å². The summed E-state index contributed by atoms with van der Waals surface area (Å²) < 4.78 is 18.5. The highest BCUT2D eigenvalue weighted by Crippen LogP contribution is 2.17. The first kappa shape index (κ1) is 14.0. The normalized spacial score (nSPS) is 10.1. The lowest BCUT2D eigenvalue weighted by Crippen LogP contribution is -2.03. The molecule has 0 fully saturated rings. The highest BCUT2D eigenvalue weighted by molar-refractivity contribution is 5.51. The summed E-state index contributed by atoms with van der Waals surface area (Å²) in [6.45, 7) is 0.961. The number of hydrogen-bond donors (Lipinski definition) is 1. The summed E-state index contributed by atoms with van der Waals surface area (Å²) in [5, 5.41) is 12.1. The van der Waals surface area contributed by atoms with Gasteiger partial charge in [-0.25, -0.2) is 4.39 Å². The minimum absolute atomic E-state index is 0.326. The van der Waals surface area contributed by atoms with Crippen LogP contribution in [0.3, 0.4) is 0 Å². The Morgan fingerprint density at radius 2 is 2.05 bits per heavy atom. The van der Waals surface area contributed by atoms with E-state index in [2.05, 4.69) is 5.32 Å². The number of nitrogens with one attached hydrogen (secondary N) is 1. The average Bonchev–Trinajstić information content (AvgIpc) is 2.46. The predicted octanol–water partition coefficient (Wildman–Crippen LogP) is 3.46. The minimum Gasteiger partial charge on any atom is -0.381 e. The number of nitriles is 1. The van der Waals surface area contributed by atoms with Gasteiger partial charge >= 0.3 is 0 Å². The molecule has 20 heavy (non-hydrogen) atoms. The van der Waals surface area contributed by atoms with Crippen molar-refractivity contribution in [3.8, 4) is 6.07 Å². The van der Waals surface area contributed by atoms with E-state index >= 15 is 0 Å². The number of para-hydroxylation sites is 1. The standard InChI is InChI=1S/C16H15FN2O/c1-20-11-14-4-2-3-5-16(14)19-10-13-6-12(9-18)7-15(17)8-13/h2-8,19H,10-11H2,1H3. The van der Waals surface area contributed by atoms with Crippen LogP contribution in [0.2, 0.25) is 0 Å². The van der Waals surface area contributed by atoms with Gasteiger partial charge in [0.25, 0.3) is 0 Å². The van der Waals surface area contributed by atoms with Gasteiger partial charge in [-0.15, -0.1) is 0 Å². The molecule has 0 atom stereocenters. The van der Waals surface area contributed by atoms with Gasteiger partial charge in [0.05, 0.1) is 18.2 Å². The molecular formula is C16H15FN2O. The van der Waals surface area contributed by atoms with Gasteiger partial charge in [-0.05, 0) is 29.8 Å². The van der Waals surface area contributed by atoms with Gasteiger partial charge in [0.15, 0.2) is 0 Å². The first-order valence-electron chi connectivity index (χ1n) is 6.23. The summed E-state index contributed by atoms with van der Waals surface area (Å²) in [5.74, 6) is -0.397. The van der Waals surface area contributed by atoms with E-state index in [1.54, 1.807) is 13.2 Å². The number of anilines is 1. The predicted molar refractivity (Wildman–Crippen MR) is 75.6 cm³/mol. The van der Waals surface area contributed by atoms with Gasteiger partial charge in [0, 0.05) is 24.9 Å². The fourth-order valence-electron chi connectivity index (χ4n) is 1.99. The maximum Gasteiger partial charge on any atom is 0.124 e. The molecule has 0 aliphatic carbocycles. The number of hydrogen-bond acceptors (Lipinski definition) is 3. The number of methoxy groups -OCH3 is 1. The van der Waals surface area contributed by atoms with E-state index in [1.807, 2.05) is 30.3 Å². The molecule has 2 aromatic rings. The van der Waals surface area contributed by atoms with E-state index in [9.17, 15) is 4.39 Å². The third-order valence-corrected chi connectivity index (χ3v) is 2.89. The molecule has 0 heterocycles. The van der Waals surface area contributed by atoms with Crippen LogP contribution in [0, 0.1) is 17.1 Å². The molecule has 4 heteroatoms. The van der Waals surface area contributed by atoms with Crippen LogP contribution in [-0.2, 0) is 17.9 Å². The van der Waals surface area contributed by atoms with Crippen LogP contribution in [0.25, 0.3) is 0 Å². The van der Waals surface area contributed by atoms with Gasteiger partial charge < -0.3 is 10.1 Å². The highest BCUT2D eigenvalue weighted by atomic mass is 19.1. The first-order valence-corrected chi connectivity index (χ1v) is 6.23. The van der Waals surface area contributed by atoms with Crippen LogP contribution in [0.4, 0.5) is 10.1 Å². The summed E-state index contributed by atoms with van der Waals surface area (Å²) >= 11 is 0. The van der Waals surface area contributed by atoms with Crippen molar-refractivity contribution in [3.05, 3.63) is 65.0 Å². The summed E-state index contributed by atoms with van der Waals surface area (Å²) in [4.78, 5) is 0. The number of nitrogens with zero attached hydrogens (tertiary/aromatic N) is 1. The molecule has 1 N–H and O–H groups in total. The summed E-state index contributed by atoms with van der Waals surface area (Å²) in [6.07, 6.45) is 0. The molecule has 0 bridgehead atoms. The Balaban J connectivity index is 2.13. The molecule has 0 aliphatic rings. The van der Waals surface area contributed by atoms with E-state index in [0.29, 0.717) is 18.7 Å². The zero-order valence-corrected chi connectivity index (χ0v) is 11.2. The molecule has 0 unspecified atom stereocenters. The second-order valence-corrected chi connectivity index (χ2v) is 4.40. The number of ether oxygens (including phenoxy) is 1. The Bertz CT molecular complexity index is 635. The van der Waals surface area contributed by atoms with Crippen LogP contribution in [0.15, 0.2) is 42.5 Å². The van der Waals surface area contributed by atoms with Crippen LogP contribution in [-0.4, -0.2) is 7.11 Å². The molecule has 0 aliphatic heterocycles. The maximum atomic E-state index is 13.3. The Hall–Kier alpha value is -2.38. The van der Waals surface area contributed by atoms with Crippen molar-refractivity contribution in [2.45, 2.75) is 13.2 Å². The monoisotopic (exact) mass is 270 g/mol. The average molecular weight is 270 g/mol. The first-order chi connectivity index (χ1) is 9.72. The molecule has 2 rings (SSSR count). The lowest BCUT2D eigenvalue weighted by Gasteiger charge is -2.11.